The summed E-state index contributed by atoms with van der Waals surface area (Å²) in [6.07, 6.45) is -2.44. The number of hydrogen-bond donors (Lipinski definition) is 0. The lowest BCUT2D eigenvalue weighted by atomic mass is 10.2. The van der Waals surface area contributed by atoms with Gasteiger partial charge in [-0.1, -0.05) is 0 Å². The quantitative estimate of drug-likeness (QED) is 0.832. The van der Waals surface area contributed by atoms with E-state index in [1.807, 2.05) is 20.1 Å². The first-order valence-electron chi connectivity index (χ1n) is 5.55. The Morgan fingerprint density at radius 3 is 2.39 bits per heavy atom. The molecule has 0 unspecified atom stereocenters. The molecule has 1 aromatic heterocycles. The molecule has 2 rings (SSSR count). The van der Waals surface area contributed by atoms with Crippen molar-refractivity contribution in [3.05, 3.63) is 11.6 Å². The van der Waals surface area contributed by atoms with Gasteiger partial charge in [-0.15, -0.1) is 22.0 Å². The van der Waals surface area contributed by atoms with Crippen LogP contribution in [0.5, 0.6) is 0 Å². The second-order valence-electron chi connectivity index (χ2n) is 4.66. The van der Waals surface area contributed by atoms with Gasteiger partial charge < -0.3 is 4.57 Å². The summed E-state index contributed by atoms with van der Waals surface area (Å²) < 4.78 is 39.2. The van der Waals surface area contributed by atoms with Crippen molar-refractivity contribution < 1.29 is 13.2 Å². The molecule has 1 aliphatic rings. The first-order chi connectivity index (χ1) is 8.25. The predicted molar refractivity (Wildman–Crippen MR) is 63.0 cm³/mol. The molecule has 4 nitrogen and oxygen atoms in total. The zero-order valence-electron chi connectivity index (χ0n) is 10.5. The van der Waals surface area contributed by atoms with Crippen molar-refractivity contribution in [2.24, 2.45) is 0 Å². The zero-order chi connectivity index (χ0) is 13.6. The Bertz CT molecular complexity index is 441. The molecule has 0 bridgehead atoms. The van der Waals surface area contributed by atoms with Crippen LogP contribution in [0.4, 0.5) is 13.2 Å². The molecule has 1 aromatic rings. The number of thioether (sulfide) groups is 1. The molecule has 0 spiro atoms. The van der Waals surface area contributed by atoms with Crippen molar-refractivity contribution in [3.63, 3.8) is 0 Å². The second-order valence-corrected chi connectivity index (χ2v) is 6.07. The zero-order valence-corrected chi connectivity index (χ0v) is 11.3. The van der Waals surface area contributed by atoms with Gasteiger partial charge in [0.2, 0.25) is 5.82 Å². The molecule has 0 saturated heterocycles. The summed E-state index contributed by atoms with van der Waals surface area (Å²) >= 11 is 1.67. The SMILES string of the molecule is CSC(C)(C)N1CCn2c(nnc2C(F)(F)F)C1. The third-order valence-electron chi connectivity index (χ3n) is 3.27. The first kappa shape index (κ1) is 13.7. The summed E-state index contributed by atoms with van der Waals surface area (Å²) in [6.45, 7) is 5.35. The lowest BCUT2D eigenvalue weighted by molar-refractivity contribution is -0.148. The number of fused-ring (bicyclic) bond motifs is 1. The Kier molecular flexibility index (Phi) is 3.35. The van der Waals surface area contributed by atoms with Crippen LogP contribution in [0.15, 0.2) is 0 Å². The number of hydrogen-bond acceptors (Lipinski definition) is 4. The van der Waals surface area contributed by atoms with E-state index in [0.29, 0.717) is 18.9 Å². The molecule has 0 atom stereocenters. The summed E-state index contributed by atoms with van der Waals surface area (Å²) in [5.74, 6) is -0.505. The van der Waals surface area contributed by atoms with Gasteiger partial charge in [0.15, 0.2) is 0 Å². The standard InChI is InChI=1S/C10H15F3N4S/c1-9(2,18-3)16-4-5-17-7(6-16)14-15-8(17)10(11,12)13/h4-6H2,1-3H3. The Labute approximate surface area is 108 Å². The third kappa shape index (κ3) is 2.35. The number of aromatic nitrogens is 3. The second kappa shape index (κ2) is 4.41. The van der Waals surface area contributed by atoms with E-state index in [2.05, 4.69) is 15.1 Å². The van der Waals surface area contributed by atoms with Crippen molar-refractivity contribution in [3.8, 4) is 0 Å². The highest BCUT2D eigenvalue weighted by atomic mass is 32.2. The maximum atomic E-state index is 12.7. The molecule has 0 N–H and O–H groups in total. The van der Waals surface area contributed by atoms with Crippen molar-refractivity contribution in [2.45, 2.75) is 38.0 Å². The van der Waals surface area contributed by atoms with Crippen molar-refractivity contribution in [1.29, 1.82) is 0 Å². The fourth-order valence-electron chi connectivity index (χ4n) is 1.96. The summed E-state index contributed by atoms with van der Waals surface area (Å²) in [6, 6.07) is 0. The smallest absolute Gasteiger partial charge is 0.305 e. The summed E-state index contributed by atoms with van der Waals surface area (Å²) in [4.78, 5) is 2.00. The van der Waals surface area contributed by atoms with Crippen LogP contribution in [0.2, 0.25) is 0 Å². The summed E-state index contributed by atoms with van der Waals surface area (Å²) in [5, 5.41) is 6.93. The lowest BCUT2D eigenvalue weighted by Crippen LogP contribution is -2.46. The van der Waals surface area contributed by atoms with E-state index in [-0.39, 0.29) is 11.4 Å². The number of alkyl halides is 3. The van der Waals surface area contributed by atoms with Crippen LogP contribution in [-0.2, 0) is 19.3 Å². The van der Waals surface area contributed by atoms with Crippen LogP contribution in [0.3, 0.4) is 0 Å². The van der Waals surface area contributed by atoms with Crippen molar-refractivity contribution >= 4 is 11.8 Å². The molecular formula is C10H15F3N4S. The van der Waals surface area contributed by atoms with E-state index >= 15 is 0 Å². The molecule has 0 saturated carbocycles. The highest BCUT2D eigenvalue weighted by Crippen LogP contribution is 2.33. The van der Waals surface area contributed by atoms with Gasteiger partial charge in [0.1, 0.15) is 5.82 Å². The van der Waals surface area contributed by atoms with Gasteiger partial charge >= 0.3 is 6.18 Å². The van der Waals surface area contributed by atoms with E-state index in [4.69, 9.17) is 0 Å². The highest BCUT2D eigenvalue weighted by Gasteiger charge is 2.40. The largest absolute Gasteiger partial charge is 0.451 e. The monoisotopic (exact) mass is 280 g/mol. The number of rotatable bonds is 2. The Morgan fingerprint density at radius 1 is 1.17 bits per heavy atom. The van der Waals surface area contributed by atoms with Gasteiger partial charge in [-0.3, -0.25) is 4.90 Å². The maximum Gasteiger partial charge on any atom is 0.451 e. The molecule has 1 aliphatic heterocycles. The maximum absolute atomic E-state index is 12.7. The van der Waals surface area contributed by atoms with Crippen LogP contribution in [0.25, 0.3) is 0 Å². The van der Waals surface area contributed by atoms with Gasteiger partial charge in [0, 0.05) is 13.1 Å². The Morgan fingerprint density at radius 2 is 1.83 bits per heavy atom. The molecule has 0 fully saturated rings. The highest BCUT2D eigenvalue weighted by molar-refractivity contribution is 7.99. The molecular weight excluding hydrogens is 265 g/mol. The van der Waals surface area contributed by atoms with E-state index < -0.39 is 12.0 Å². The minimum Gasteiger partial charge on any atom is -0.305 e. The third-order valence-corrected chi connectivity index (χ3v) is 4.53. The van der Waals surface area contributed by atoms with Crippen LogP contribution in [0.1, 0.15) is 25.5 Å². The molecule has 2 heterocycles. The van der Waals surface area contributed by atoms with Crippen LogP contribution in [-0.4, -0.2) is 37.3 Å². The van der Waals surface area contributed by atoms with E-state index in [9.17, 15) is 13.2 Å². The van der Waals surface area contributed by atoms with Gasteiger partial charge in [0.25, 0.3) is 0 Å². The number of halogens is 3. The van der Waals surface area contributed by atoms with Crippen LogP contribution < -0.4 is 0 Å². The molecule has 18 heavy (non-hydrogen) atoms. The minimum atomic E-state index is -4.43. The average molecular weight is 280 g/mol. The summed E-state index contributed by atoms with van der Waals surface area (Å²) in [5.41, 5.74) is 0. The van der Waals surface area contributed by atoms with Crippen molar-refractivity contribution in [2.75, 3.05) is 12.8 Å². The van der Waals surface area contributed by atoms with Crippen molar-refractivity contribution in [1.82, 2.24) is 19.7 Å². The fraction of sp³-hybridized carbons (Fsp3) is 0.800. The van der Waals surface area contributed by atoms with Gasteiger partial charge in [-0.05, 0) is 20.1 Å². The lowest BCUT2D eigenvalue weighted by Gasteiger charge is -2.39. The summed E-state index contributed by atoms with van der Waals surface area (Å²) in [7, 11) is 0. The van der Waals surface area contributed by atoms with E-state index in [1.54, 1.807) is 11.8 Å². The van der Waals surface area contributed by atoms with Gasteiger partial charge in [0.05, 0.1) is 11.4 Å². The fourth-order valence-corrected chi connectivity index (χ4v) is 2.37. The Hall–Kier alpha value is -0.760. The number of nitrogens with zero attached hydrogens (tertiary/aromatic N) is 4. The average Bonchev–Trinajstić information content (AvgIpc) is 2.71. The molecule has 0 aromatic carbocycles. The topological polar surface area (TPSA) is 34.0 Å². The van der Waals surface area contributed by atoms with Crippen LogP contribution in [0, 0.1) is 0 Å². The minimum absolute atomic E-state index is 0.115. The Balaban J connectivity index is 2.25. The molecule has 8 heteroatoms. The molecule has 0 aliphatic carbocycles. The normalized spacial score (nSPS) is 17.9. The van der Waals surface area contributed by atoms with E-state index in [1.165, 1.54) is 4.57 Å². The predicted octanol–water partition coefficient (Wildman–Crippen LogP) is 2.21. The van der Waals surface area contributed by atoms with E-state index in [0.717, 1.165) is 0 Å². The molecule has 0 radical (unpaired) electrons. The molecule has 0 amide bonds. The van der Waals surface area contributed by atoms with Gasteiger partial charge in [-0.2, -0.15) is 13.2 Å². The molecule has 102 valence electrons. The first-order valence-corrected chi connectivity index (χ1v) is 6.77. The van der Waals surface area contributed by atoms with Crippen LogP contribution >= 0.6 is 11.8 Å². The van der Waals surface area contributed by atoms with Gasteiger partial charge in [-0.25, -0.2) is 0 Å².